The summed E-state index contributed by atoms with van der Waals surface area (Å²) in [6.45, 7) is 3.13. The number of rotatable bonds is 3. The van der Waals surface area contributed by atoms with Crippen molar-refractivity contribution in [1.82, 2.24) is 10.5 Å². The molecule has 0 unspecified atom stereocenters. The van der Waals surface area contributed by atoms with Crippen LogP contribution < -0.4 is 10.4 Å². The molecule has 108 valence electrons. The predicted octanol–water partition coefficient (Wildman–Crippen LogP) is 1.06. The number of aromatic nitrogens is 1. The molecule has 3 heterocycles. The monoisotopic (exact) mass is 278 g/mol. The third-order valence-corrected chi connectivity index (χ3v) is 3.67. The molecular weight excluding hydrogens is 260 g/mol. The molecule has 3 rings (SSSR count). The number of hydroxylamine groups is 1. The van der Waals surface area contributed by atoms with Crippen molar-refractivity contribution < 1.29 is 14.7 Å². The molecule has 2 aliphatic heterocycles. The third kappa shape index (κ3) is 2.74. The van der Waals surface area contributed by atoms with Crippen LogP contribution in [0.1, 0.15) is 12.8 Å². The molecule has 0 saturated carbocycles. The van der Waals surface area contributed by atoms with E-state index in [2.05, 4.69) is 14.9 Å². The maximum absolute atomic E-state index is 8.44. The molecule has 2 fully saturated rings. The molecule has 0 aliphatic carbocycles. The van der Waals surface area contributed by atoms with Gasteiger partial charge in [-0.1, -0.05) is 0 Å². The Kier molecular flexibility index (Phi) is 3.81. The van der Waals surface area contributed by atoms with Crippen LogP contribution in [0.2, 0.25) is 0 Å². The standard InChI is InChI=1S/C13H18N4O3/c18-16-10-15-11-1-2-12(14-9-11)17-5-3-13(4-6-17)19-7-8-20-13/h1-2,9-10,18H,3-8H2,(H,15,16). The maximum atomic E-state index is 8.44. The van der Waals surface area contributed by atoms with Gasteiger partial charge < -0.3 is 14.4 Å². The first-order valence-corrected chi connectivity index (χ1v) is 6.72. The summed E-state index contributed by atoms with van der Waals surface area (Å²) in [5.74, 6) is 0.571. The fourth-order valence-corrected chi connectivity index (χ4v) is 2.61. The minimum absolute atomic E-state index is 0.354. The smallest absolute Gasteiger partial charge is 0.171 e. The van der Waals surface area contributed by atoms with Gasteiger partial charge in [0.25, 0.3) is 0 Å². The van der Waals surface area contributed by atoms with E-state index in [1.165, 1.54) is 6.34 Å². The van der Waals surface area contributed by atoms with E-state index in [0.717, 1.165) is 31.7 Å². The van der Waals surface area contributed by atoms with Gasteiger partial charge in [-0.25, -0.2) is 9.98 Å². The zero-order valence-electron chi connectivity index (χ0n) is 11.2. The summed E-state index contributed by atoms with van der Waals surface area (Å²) in [7, 11) is 0. The van der Waals surface area contributed by atoms with Gasteiger partial charge in [0.2, 0.25) is 0 Å². The highest BCUT2D eigenvalue weighted by Gasteiger charge is 2.39. The summed E-state index contributed by atoms with van der Waals surface area (Å²) in [5, 5.41) is 8.44. The van der Waals surface area contributed by atoms with Gasteiger partial charge in [-0.2, -0.15) is 0 Å². The van der Waals surface area contributed by atoms with Crippen molar-refractivity contribution in [1.29, 1.82) is 0 Å². The van der Waals surface area contributed by atoms with Crippen molar-refractivity contribution in [2.75, 3.05) is 31.2 Å². The Bertz CT molecular complexity index is 461. The van der Waals surface area contributed by atoms with Crippen LogP contribution in [0.25, 0.3) is 0 Å². The SMILES string of the molecule is ONC=Nc1ccc(N2CCC3(CC2)OCCO3)nc1. The van der Waals surface area contributed by atoms with E-state index in [0.29, 0.717) is 18.9 Å². The second kappa shape index (κ2) is 5.74. The van der Waals surface area contributed by atoms with Crippen LogP contribution in [0.5, 0.6) is 0 Å². The molecular formula is C13H18N4O3. The minimum atomic E-state index is -0.354. The number of nitrogens with one attached hydrogen (secondary N) is 1. The average Bonchev–Trinajstić information content (AvgIpc) is 2.95. The van der Waals surface area contributed by atoms with Crippen molar-refractivity contribution in [2.45, 2.75) is 18.6 Å². The molecule has 0 atom stereocenters. The number of aliphatic imine (C=N–C) groups is 1. The normalized spacial score (nSPS) is 21.8. The highest BCUT2D eigenvalue weighted by Crippen LogP contribution is 2.32. The van der Waals surface area contributed by atoms with Crippen molar-refractivity contribution >= 4 is 17.8 Å². The van der Waals surface area contributed by atoms with Crippen molar-refractivity contribution in [3.8, 4) is 0 Å². The summed E-state index contributed by atoms with van der Waals surface area (Å²) in [6.07, 6.45) is 4.61. The molecule has 0 radical (unpaired) electrons. The summed E-state index contributed by atoms with van der Waals surface area (Å²) in [6, 6.07) is 3.79. The van der Waals surface area contributed by atoms with E-state index < -0.39 is 0 Å². The second-order valence-corrected chi connectivity index (χ2v) is 4.86. The second-order valence-electron chi connectivity index (χ2n) is 4.86. The van der Waals surface area contributed by atoms with Crippen LogP contribution in [0, 0.1) is 0 Å². The van der Waals surface area contributed by atoms with E-state index in [1.807, 2.05) is 17.6 Å². The zero-order chi connectivity index (χ0) is 13.8. The maximum Gasteiger partial charge on any atom is 0.171 e. The Labute approximate surface area is 117 Å². The van der Waals surface area contributed by atoms with Crippen LogP contribution in [0.3, 0.4) is 0 Å². The lowest BCUT2D eigenvalue weighted by atomic mass is 10.0. The molecule has 2 saturated heterocycles. The lowest BCUT2D eigenvalue weighted by Gasteiger charge is -2.38. The molecule has 1 spiro atoms. The zero-order valence-corrected chi connectivity index (χ0v) is 11.2. The van der Waals surface area contributed by atoms with Crippen molar-refractivity contribution in [3.05, 3.63) is 18.3 Å². The quantitative estimate of drug-likeness (QED) is 0.489. The van der Waals surface area contributed by atoms with Crippen LogP contribution in [-0.4, -0.2) is 48.6 Å². The summed E-state index contributed by atoms with van der Waals surface area (Å²) < 4.78 is 11.4. The van der Waals surface area contributed by atoms with Gasteiger partial charge in [0.05, 0.1) is 25.1 Å². The molecule has 1 aromatic heterocycles. The summed E-state index contributed by atoms with van der Waals surface area (Å²) in [5.41, 5.74) is 2.55. The first-order valence-electron chi connectivity index (χ1n) is 6.72. The highest BCUT2D eigenvalue weighted by atomic mass is 16.7. The van der Waals surface area contributed by atoms with Crippen molar-refractivity contribution in [3.63, 3.8) is 0 Å². The number of hydrogen-bond acceptors (Lipinski definition) is 6. The Morgan fingerprint density at radius 2 is 2.05 bits per heavy atom. The van der Waals surface area contributed by atoms with E-state index in [9.17, 15) is 0 Å². The van der Waals surface area contributed by atoms with Gasteiger partial charge in [0, 0.05) is 25.9 Å². The van der Waals surface area contributed by atoms with Crippen LogP contribution in [-0.2, 0) is 9.47 Å². The van der Waals surface area contributed by atoms with E-state index in [-0.39, 0.29) is 5.79 Å². The van der Waals surface area contributed by atoms with E-state index in [4.69, 9.17) is 14.7 Å². The fourth-order valence-electron chi connectivity index (χ4n) is 2.61. The Morgan fingerprint density at radius 3 is 2.65 bits per heavy atom. The number of piperidine rings is 1. The predicted molar refractivity (Wildman–Crippen MR) is 73.4 cm³/mol. The lowest BCUT2D eigenvalue weighted by Crippen LogP contribution is -2.45. The summed E-state index contributed by atoms with van der Waals surface area (Å²) in [4.78, 5) is 10.6. The Hall–Kier alpha value is -1.70. The molecule has 7 nitrogen and oxygen atoms in total. The lowest BCUT2D eigenvalue weighted by molar-refractivity contribution is -0.169. The first kappa shape index (κ1) is 13.3. The molecule has 0 amide bonds. The Balaban J connectivity index is 1.61. The third-order valence-electron chi connectivity index (χ3n) is 3.67. The molecule has 0 aromatic carbocycles. The number of anilines is 1. The van der Waals surface area contributed by atoms with Crippen LogP contribution in [0.15, 0.2) is 23.3 Å². The molecule has 1 aromatic rings. The van der Waals surface area contributed by atoms with Gasteiger partial charge in [-0.05, 0) is 12.1 Å². The average molecular weight is 278 g/mol. The number of nitrogens with zero attached hydrogens (tertiary/aromatic N) is 3. The number of pyridine rings is 1. The minimum Gasteiger partial charge on any atom is -0.356 e. The van der Waals surface area contributed by atoms with Gasteiger partial charge >= 0.3 is 0 Å². The van der Waals surface area contributed by atoms with Crippen molar-refractivity contribution in [2.24, 2.45) is 4.99 Å². The van der Waals surface area contributed by atoms with Crippen LogP contribution >= 0.6 is 0 Å². The van der Waals surface area contributed by atoms with Crippen LogP contribution in [0.4, 0.5) is 11.5 Å². The highest BCUT2D eigenvalue weighted by molar-refractivity contribution is 5.59. The Morgan fingerprint density at radius 1 is 1.30 bits per heavy atom. The van der Waals surface area contributed by atoms with E-state index >= 15 is 0 Å². The molecule has 2 N–H and O–H groups in total. The van der Waals surface area contributed by atoms with E-state index in [1.54, 1.807) is 6.20 Å². The number of hydrogen-bond donors (Lipinski definition) is 2. The summed E-state index contributed by atoms with van der Waals surface area (Å²) >= 11 is 0. The van der Waals surface area contributed by atoms with Gasteiger partial charge in [-0.15, -0.1) is 0 Å². The van der Waals surface area contributed by atoms with Gasteiger partial charge in [0.15, 0.2) is 5.79 Å². The fraction of sp³-hybridized carbons (Fsp3) is 0.538. The topological polar surface area (TPSA) is 79.2 Å². The number of ether oxygens (including phenoxy) is 2. The largest absolute Gasteiger partial charge is 0.356 e. The van der Waals surface area contributed by atoms with Gasteiger partial charge in [0.1, 0.15) is 12.2 Å². The van der Waals surface area contributed by atoms with Gasteiger partial charge in [-0.3, -0.25) is 10.7 Å². The first-order chi connectivity index (χ1) is 9.81. The molecule has 7 heteroatoms. The molecule has 2 aliphatic rings. The molecule has 0 bridgehead atoms. The molecule has 20 heavy (non-hydrogen) atoms.